The van der Waals surface area contributed by atoms with Crippen LogP contribution in [0, 0.1) is 24.4 Å². The van der Waals surface area contributed by atoms with Gasteiger partial charge in [-0.05, 0) is 31.2 Å². The van der Waals surface area contributed by atoms with Crippen molar-refractivity contribution < 1.29 is 18.0 Å². The van der Waals surface area contributed by atoms with E-state index in [-0.39, 0.29) is 23.0 Å². The summed E-state index contributed by atoms with van der Waals surface area (Å²) < 4.78 is 41.1. The van der Waals surface area contributed by atoms with Crippen molar-refractivity contribution in [3.8, 4) is 0 Å². The maximum absolute atomic E-state index is 13.7. The third-order valence-electron chi connectivity index (χ3n) is 3.41. The summed E-state index contributed by atoms with van der Waals surface area (Å²) in [5.41, 5.74) is -0.534. The second-order valence-electron chi connectivity index (χ2n) is 5.34. The van der Waals surface area contributed by atoms with E-state index in [1.54, 1.807) is 6.07 Å². The molecule has 1 amide bonds. The van der Waals surface area contributed by atoms with Gasteiger partial charge in [0.05, 0.1) is 5.69 Å². The van der Waals surface area contributed by atoms with E-state index < -0.39 is 29.0 Å². The molecule has 5 nitrogen and oxygen atoms in total. The van der Waals surface area contributed by atoms with E-state index in [1.165, 1.54) is 37.3 Å². The number of nitrogens with one attached hydrogen (secondary N) is 2. The monoisotopic (exact) mass is 358 g/mol. The van der Waals surface area contributed by atoms with E-state index in [0.717, 1.165) is 12.1 Å². The Balaban J connectivity index is 1.87. The summed E-state index contributed by atoms with van der Waals surface area (Å²) in [6, 6.07) is 10.4. The van der Waals surface area contributed by atoms with Gasteiger partial charge in [-0.25, -0.2) is 23.1 Å². The predicted molar refractivity (Wildman–Crippen MR) is 90.8 cm³/mol. The molecule has 8 heteroatoms. The van der Waals surface area contributed by atoms with E-state index in [2.05, 4.69) is 20.6 Å². The van der Waals surface area contributed by atoms with Gasteiger partial charge in [-0.1, -0.05) is 18.2 Å². The average molecular weight is 358 g/mol. The smallest absolute Gasteiger partial charge is 0.274 e. The van der Waals surface area contributed by atoms with Crippen LogP contribution in [0.2, 0.25) is 0 Å². The van der Waals surface area contributed by atoms with Gasteiger partial charge in [0, 0.05) is 6.07 Å². The second kappa shape index (κ2) is 7.22. The Labute approximate surface area is 146 Å². The highest BCUT2D eigenvalue weighted by molar-refractivity contribution is 6.03. The van der Waals surface area contributed by atoms with Gasteiger partial charge in [-0.2, -0.15) is 0 Å². The van der Waals surface area contributed by atoms with Gasteiger partial charge >= 0.3 is 0 Å². The Bertz CT molecular complexity index is 958. The molecule has 0 radical (unpaired) electrons. The van der Waals surface area contributed by atoms with Gasteiger partial charge in [0.25, 0.3) is 5.91 Å². The molecule has 1 heterocycles. The summed E-state index contributed by atoms with van der Waals surface area (Å²) in [4.78, 5) is 20.3. The maximum atomic E-state index is 13.7. The lowest BCUT2D eigenvalue weighted by atomic mass is 10.2. The molecule has 3 aromatic rings. The van der Waals surface area contributed by atoms with Crippen molar-refractivity contribution in [2.45, 2.75) is 6.92 Å². The number of carbonyl (C=O) groups excluding carboxylic acids is 1. The number of rotatable bonds is 4. The lowest BCUT2D eigenvalue weighted by Crippen LogP contribution is -2.17. The van der Waals surface area contributed by atoms with Gasteiger partial charge in [-0.15, -0.1) is 0 Å². The number of carbonyl (C=O) groups is 1. The lowest BCUT2D eigenvalue weighted by Gasteiger charge is -2.10. The van der Waals surface area contributed by atoms with Crippen LogP contribution in [0.4, 0.5) is 30.4 Å². The molecule has 2 aromatic carbocycles. The third kappa shape index (κ3) is 3.80. The average Bonchev–Trinajstić information content (AvgIpc) is 2.59. The van der Waals surface area contributed by atoms with Gasteiger partial charge in [0.2, 0.25) is 0 Å². The summed E-state index contributed by atoms with van der Waals surface area (Å²) in [5, 5.41) is 4.88. The zero-order valence-electron chi connectivity index (χ0n) is 13.6. The topological polar surface area (TPSA) is 66.9 Å². The number of nitrogens with zero attached hydrogens (tertiary/aromatic N) is 2. The molecule has 0 bridgehead atoms. The SMILES string of the molecule is Cc1nc(Nc2ccccc2F)cc(C(=O)Nc2c(F)cccc2F)n1. The zero-order valence-corrected chi connectivity index (χ0v) is 13.6. The number of benzene rings is 2. The fourth-order valence-corrected chi connectivity index (χ4v) is 2.24. The molecular weight excluding hydrogens is 345 g/mol. The normalized spacial score (nSPS) is 10.5. The Kier molecular flexibility index (Phi) is 4.83. The number of halogens is 3. The van der Waals surface area contributed by atoms with Crippen LogP contribution in [-0.4, -0.2) is 15.9 Å². The van der Waals surface area contributed by atoms with Crippen molar-refractivity contribution in [1.29, 1.82) is 0 Å². The van der Waals surface area contributed by atoms with Gasteiger partial charge in [0.1, 0.15) is 40.5 Å². The highest BCUT2D eigenvalue weighted by Crippen LogP contribution is 2.21. The molecule has 0 atom stereocenters. The first-order chi connectivity index (χ1) is 12.4. The molecule has 1 aromatic heterocycles. The number of aryl methyl sites for hydroxylation is 1. The zero-order chi connectivity index (χ0) is 18.7. The molecule has 0 saturated carbocycles. The number of aromatic nitrogens is 2. The van der Waals surface area contributed by atoms with Crippen LogP contribution in [0.1, 0.15) is 16.3 Å². The summed E-state index contributed by atoms with van der Waals surface area (Å²) >= 11 is 0. The molecule has 0 unspecified atom stereocenters. The number of para-hydroxylation sites is 2. The van der Waals surface area contributed by atoms with Crippen LogP contribution in [0.25, 0.3) is 0 Å². The summed E-state index contributed by atoms with van der Waals surface area (Å²) in [7, 11) is 0. The quantitative estimate of drug-likeness (QED) is 0.734. The molecule has 0 spiro atoms. The van der Waals surface area contributed by atoms with Crippen LogP contribution in [-0.2, 0) is 0 Å². The van der Waals surface area contributed by atoms with Gasteiger partial charge in [0.15, 0.2) is 0 Å². The van der Waals surface area contributed by atoms with Crippen molar-refractivity contribution >= 4 is 23.1 Å². The van der Waals surface area contributed by atoms with E-state index in [0.29, 0.717) is 0 Å². The number of hydrogen-bond donors (Lipinski definition) is 2. The van der Waals surface area contributed by atoms with Crippen molar-refractivity contribution in [1.82, 2.24) is 9.97 Å². The highest BCUT2D eigenvalue weighted by atomic mass is 19.1. The fourth-order valence-electron chi connectivity index (χ4n) is 2.24. The minimum Gasteiger partial charge on any atom is -0.338 e. The summed E-state index contributed by atoms with van der Waals surface area (Å²) in [5.74, 6) is -2.74. The van der Waals surface area contributed by atoms with Crippen LogP contribution < -0.4 is 10.6 Å². The Morgan fingerprint density at radius 3 is 2.27 bits per heavy atom. The summed E-state index contributed by atoms with van der Waals surface area (Å²) in [6.07, 6.45) is 0. The van der Waals surface area contributed by atoms with Crippen LogP contribution in [0.15, 0.2) is 48.5 Å². The van der Waals surface area contributed by atoms with E-state index in [9.17, 15) is 18.0 Å². The van der Waals surface area contributed by atoms with Gasteiger partial charge in [-0.3, -0.25) is 4.79 Å². The van der Waals surface area contributed by atoms with E-state index >= 15 is 0 Å². The van der Waals surface area contributed by atoms with Crippen molar-refractivity contribution in [2.24, 2.45) is 0 Å². The molecule has 3 rings (SSSR count). The first-order valence-corrected chi connectivity index (χ1v) is 7.56. The molecular formula is C18H13F3N4O. The van der Waals surface area contributed by atoms with Crippen molar-refractivity contribution in [2.75, 3.05) is 10.6 Å². The molecule has 132 valence electrons. The first-order valence-electron chi connectivity index (χ1n) is 7.56. The highest BCUT2D eigenvalue weighted by Gasteiger charge is 2.16. The lowest BCUT2D eigenvalue weighted by molar-refractivity contribution is 0.102. The van der Waals surface area contributed by atoms with Crippen molar-refractivity contribution in [3.05, 3.63) is 77.5 Å². The van der Waals surface area contributed by atoms with Crippen LogP contribution in [0.3, 0.4) is 0 Å². The Hall–Kier alpha value is -3.42. The molecule has 0 aliphatic heterocycles. The Morgan fingerprint density at radius 1 is 0.923 bits per heavy atom. The third-order valence-corrected chi connectivity index (χ3v) is 3.41. The largest absolute Gasteiger partial charge is 0.338 e. The molecule has 0 saturated heterocycles. The fraction of sp³-hybridized carbons (Fsp3) is 0.0556. The van der Waals surface area contributed by atoms with Crippen molar-refractivity contribution in [3.63, 3.8) is 0 Å². The molecule has 26 heavy (non-hydrogen) atoms. The maximum Gasteiger partial charge on any atom is 0.274 e. The van der Waals surface area contributed by atoms with E-state index in [1.807, 2.05) is 0 Å². The van der Waals surface area contributed by atoms with Crippen LogP contribution >= 0.6 is 0 Å². The number of anilines is 3. The van der Waals surface area contributed by atoms with Crippen LogP contribution in [0.5, 0.6) is 0 Å². The predicted octanol–water partition coefficient (Wildman–Crippen LogP) is 4.20. The summed E-state index contributed by atoms with van der Waals surface area (Å²) in [6.45, 7) is 1.53. The first kappa shape index (κ1) is 17.4. The number of hydrogen-bond acceptors (Lipinski definition) is 4. The second-order valence-corrected chi connectivity index (χ2v) is 5.34. The standard InChI is InChI=1S/C18H13F3N4O/c1-10-22-15(18(26)25-17-12(20)6-4-7-13(17)21)9-16(23-10)24-14-8-3-2-5-11(14)19/h2-9H,1H3,(H,25,26)(H,22,23,24). The molecule has 0 aliphatic rings. The Morgan fingerprint density at radius 2 is 1.58 bits per heavy atom. The molecule has 0 fully saturated rings. The minimum atomic E-state index is -0.908. The molecule has 0 aliphatic carbocycles. The van der Waals surface area contributed by atoms with E-state index in [4.69, 9.17) is 0 Å². The molecule has 2 N–H and O–H groups in total. The van der Waals surface area contributed by atoms with Gasteiger partial charge < -0.3 is 10.6 Å². The number of amides is 1. The minimum absolute atomic E-state index is 0.126.